The average Bonchev–Trinajstić information content (AvgIpc) is 3.28. The van der Waals surface area contributed by atoms with E-state index < -0.39 is 34.2 Å². The molecule has 0 heterocycles. The zero-order valence-electron chi connectivity index (χ0n) is 52.3. The van der Waals surface area contributed by atoms with E-state index in [2.05, 4.69) is 166 Å². The van der Waals surface area contributed by atoms with Crippen molar-refractivity contribution in [3.8, 4) is 0 Å². The van der Waals surface area contributed by atoms with Crippen LogP contribution in [0.3, 0.4) is 0 Å². The van der Waals surface area contributed by atoms with E-state index in [1.807, 2.05) is 0 Å². The summed E-state index contributed by atoms with van der Waals surface area (Å²) in [6.45, 7) is 56.7. The van der Waals surface area contributed by atoms with E-state index in [1.165, 1.54) is 0 Å². The van der Waals surface area contributed by atoms with E-state index in [-0.39, 0.29) is 21.1 Å². The largest absolute Gasteiger partial charge is 0.691 e. The van der Waals surface area contributed by atoms with Gasteiger partial charge in [0.2, 0.25) is 0 Å². The van der Waals surface area contributed by atoms with Gasteiger partial charge in [-0.3, -0.25) is 0 Å². The SMILES string of the molecule is CC(C)COP(=S)([S-])OCC(C)C.CC(C)COP(=S)([S-])OCC(C)C.CC(C)COP(=S)([S-])OCC(C)C.CC(C)COP(=S)([S-])OCC(C)C.CC(C)COP(=S)([S-])OCC(C)C.CC(C)COP(=S)([S-])OCC(C)C.[Mo]. The normalized spacial score (nSPS) is 12.7. The molecule has 0 fully saturated rings. The van der Waals surface area contributed by atoms with Gasteiger partial charge in [0.25, 0.3) is 0 Å². The van der Waals surface area contributed by atoms with Crippen LogP contribution in [0.2, 0.25) is 0 Å². The molecule has 0 aliphatic rings. The average molecular weight is 1540 g/mol. The molecule has 0 saturated heterocycles. The molecule has 79 heavy (non-hydrogen) atoms. The second kappa shape index (κ2) is 55.8. The first-order valence-corrected chi connectivity index (χ1v) is 48.5. The van der Waals surface area contributed by atoms with Crippen molar-refractivity contribution in [2.24, 2.45) is 71.0 Å². The minimum atomic E-state index is -2.38. The van der Waals surface area contributed by atoms with E-state index in [1.54, 1.807) is 0 Å². The maximum Gasteiger partial charge on any atom is 0.0564 e. The van der Waals surface area contributed by atoms with E-state index in [0.29, 0.717) is 150 Å². The van der Waals surface area contributed by atoms with Crippen molar-refractivity contribution >= 4 is 178 Å². The first kappa shape index (κ1) is 98.8. The fourth-order valence-corrected chi connectivity index (χ4v) is 13.7. The van der Waals surface area contributed by atoms with Gasteiger partial charge in [0, 0.05) is 21.1 Å². The summed E-state index contributed by atoms with van der Waals surface area (Å²) in [4.78, 5) is 0. The quantitative estimate of drug-likeness (QED) is 0.0337. The molecule has 486 valence electrons. The van der Waals surface area contributed by atoms with Gasteiger partial charge in [-0.05, 0) is 71.0 Å². The van der Waals surface area contributed by atoms with Crippen molar-refractivity contribution in [3.63, 3.8) is 0 Å². The van der Waals surface area contributed by atoms with Crippen LogP contribution in [0.25, 0.3) is 0 Å². The second-order valence-electron chi connectivity index (χ2n) is 23.0. The van der Waals surface area contributed by atoms with Crippen molar-refractivity contribution in [2.45, 2.75) is 166 Å². The van der Waals surface area contributed by atoms with Crippen LogP contribution in [-0.4, -0.2) is 79.3 Å². The predicted molar refractivity (Wildman–Crippen MR) is 379 cm³/mol. The molecule has 0 rings (SSSR count). The molecule has 0 aliphatic carbocycles. The van der Waals surface area contributed by atoms with Crippen molar-refractivity contribution in [2.75, 3.05) is 79.3 Å². The van der Waals surface area contributed by atoms with Gasteiger partial charge in [-0.2, -0.15) is 0 Å². The molecule has 0 aromatic carbocycles. The van der Waals surface area contributed by atoms with Crippen molar-refractivity contribution in [3.05, 3.63) is 0 Å². The zero-order chi connectivity index (χ0) is 62.9. The Kier molecular flexibility index (Phi) is 69.8. The number of hydrogen-bond acceptors (Lipinski definition) is 24. The molecule has 0 spiro atoms. The van der Waals surface area contributed by atoms with Crippen molar-refractivity contribution in [1.82, 2.24) is 0 Å². The van der Waals surface area contributed by atoms with E-state index in [0.717, 1.165) is 0 Å². The number of rotatable bonds is 36. The minimum Gasteiger partial charge on any atom is -0.691 e. The third kappa shape index (κ3) is 93.0. The van der Waals surface area contributed by atoms with Crippen LogP contribution >= 0.6 is 34.2 Å². The van der Waals surface area contributed by atoms with Crippen LogP contribution in [-0.2, 0) is 220 Å². The Morgan fingerprint density at radius 2 is 0.241 bits per heavy atom. The maximum atomic E-state index is 5.36. The van der Waals surface area contributed by atoms with E-state index >= 15 is 0 Å². The molecular formula is C48H108MoO12P6S12-6. The summed E-state index contributed by atoms with van der Waals surface area (Å²) in [6, 6.07) is 0. The summed E-state index contributed by atoms with van der Waals surface area (Å²) < 4.78 is 64.3. The fraction of sp³-hybridized carbons (Fsp3) is 1.00. The minimum absolute atomic E-state index is 0. The van der Waals surface area contributed by atoms with Gasteiger partial charge in [0.05, 0.1) is 113 Å². The Labute approximate surface area is 564 Å². The van der Waals surface area contributed by atoms with Crippen LogP contribution < -0.4 is 0 Å². The molecule has 0 aromatic heterocycles. The van der Waals surface area contributed by atoms with Gasteiger partial charge in [0.1, 0.15) is 0 Å². The summed E-state index contributed by atoms with van der Waals surface area (Å²) in [7, 11) is 0. The van der Waals surface area contributed by atoms with Gasteiger partial charge in [-0.1, -0.05) is 237 Å². The third-order valence-electron chi connectivity index (χ3n) is 6.79. The number of hydrogen-bond donors (Lipinski definition) is 0. The molecule has 0 unspecified atom stereocenters. The fourth-order valence-electron chi connectivity index (χ4n) is 3.11. The van der Waals surface area contributed by atoms with Gasteiger partial charge in [-0.25, -0.2) is 0 Å². The Hall–Kier alpha value is 6.21. The van der Waals surface area contributed by atoms with Crippen LogP contribution in [0, 0.1) is 71.0 Å². The first-order valence-electron chi connectivity index (χ1n) is 26.6. The summed E-state index contributed by atoms with van der Waals surface area (Å²) in [5, 5.41) is 0. The monoisotopic (exact) mass is 1540 g/mol. The van der Waals surface area contributed by atoms with Gasteiger partial charge in [-0.15, -0.1) is 0 Å². The molecule has 0 bridgehead atoms. The Balaban J connectivity index is -0.000000157. The zero-order valence-corrected chi connectivity index (χ0v) is 69.5. The van der Waals surface area contributed by atoms with Gasteiger partial charge >= 0.3 is 0 Å². The standard InChI is InChI=1S/6C8H19O2PS2.Mo/c6*1-7(2)5-9-11(12,13)10-6-8(3)4;/h6*7-8H,5-6H2,1-4H3,(H,12,13);/p-6. The van der Waals surface area contributed by atoms with Gasteiger partial charge in [0.15, 0.2) is 0 Å². The maximum absolute atomic E-state index is 5.36. The van der Waals surface area contributed by atoms with E-state index in [4.69, 9.17) is 199 Å². The summed E-state index contributed by atoms with van der Waals surface area (Å²) in [5.74, 6) is 5.42. The molecule has 0 amide bonds. The first-order chi connectivity index (χ1) is 35.0. The molecule has 0 aliphatic heterocycles. The molecule has 0 saturated carbocycles. The Bertz CT molecular complexity index is 1320. The molecular weight excluding hydrogens is 1440 g/mol. The summed E-state index contributed by atoms with van der Waals surface area (Å²) >= 11 is 60.7. The molecule has 31 heteroatoms. The summed E-state index contributed by atoms with van der Waals surface area (Å²) in [5.41, 5.74) is -14.3. The second-order valence-corrected chi connectivity index (χ2v) is 52.9. The molecule has 0 aromatic rings. The van der Waals surface area contributed by atoms with Crippen LogP contribution in [0.4, 0.5) is 0 Å². The molecule has 12 nitrogen and oxygen atoms in total. The summed E-state index contributed by atoms with van der Waals surface area (Å²) in [6.07, 6.45) is 0. The molecule has 0 atom stereocenters. The van der Waals surface area contributed by atoms with Gasteiger partial charge < -0.3 is 128 Å². The smallest absolute Gasteiger partial charge is 0.0564 e. The Morgan fingerprint density at radius 3 is 0.278 bits per heavy atom. The van der Waals surface area contributed by atoms with Crippen LogP contribution in [0.15, 0.2) is 0 Å². The molecule has 0 radical (unpaired) electrons. The topological polar surface area (TPSA) is 111 Å². The third-order valence-corrected chi connectivity index (χ3v) is 20.0. The van der Waals surface area contributed by atoms with Crippen LogP contribution in [0.1, 0.15) is 166 Å². The van der Waals surface area contributed by atoms with Crippen molar-refractivity contribution in [1.29, 1.82) is 0 Å². The molecule has 0 N–H and O–H groups in total. The van der Waals surface area contributed by atoms with Crippen LogP contribution in [0.5, 0.6) is 0 Å². The van der Waals surface area contributed by atoms with E-state index in [9.17, 15) is 0 Å². The Morgan fingerprint density at radius 1 is 0.190 bits per heavy atom. The van der Waals surface area contributed by atoms with Crippen molar-refractivity contribution < 1.29 is 75.4 Å². The predicted octanol–water partition coefficient (Wildman–Crippen LogP) is 18.6.